The fourth-order valence-electron chi connectivity index (χ4n) is 7.43. The minimum Gasteiger partial charge on any atom is -0.506 e. The predicted molar refractivity (Wildman–Crippen MR) is 200 cm³/mol. The molecule has 0 saturated carbocycles. The van der Waals surface area contributed by atoms with Gasteiger partial charge in [0.2, 0.25) is 5.56 Å². The molecule has 284 valence electrons. The van der Waals surface area contributed by atoms with E-state index < -0.39 is 23.8 Å². The van der Waals surface area contributed by atoms with Gasteiger partial charge in [-0.15, -0.1) is 0 Å². The van der Waals surface area contributed by atoms with Crippen LogP contribution in [0.1, 0.15) is 75.0 Å². The Hall–Kier alpha value is -4.52. The molecule has 4 N–H and O–H groups in total. The molecule has 3 fully saturated rings. The molecule has 4 heterocycles. The number of aromatic hydroxyl groups is 1. The number of benzene rings is 3. The molecule has 0 unspecified atom stereocenters. The number of halogens is 2. The number of aromatic amines is 1. The number of fused-ring (bicyclic) bond motifs is 4. The number of piperidine rings is 3. The Labute approximate surface area is 308 Å². The number of nitrogens with one attached hydrogen (secondary N) is 2. The number of unbranched alkanes of at least 4 members (excludes halogenated alkanes) is 6. The maximum Gasteiger partial charge on any atom is 0.414 e. The van der Waals surface area contributed by atoms with Crippen molar-refractivity contribution >= 4 is 22.7 Å². The molecule has 53 heavy (non-hydrogen) atoms. The second kappa shape index (κ2) is 18.5. The molecular formula is C41H50F2N4O6. The zero-order valence-electron chi connectivity index (χ0n) is 30.1. The molecule has 0 radical (unpaired) electrons. The molecule has 1 aromatic heterocycles. The first-order valence-corrected chi connectivity index (χ1v) is 18.9. The second-order valence-corrected chi connectivity index (χ2v) is 14.2. The number of aliphatic hydroxyl groups excluding tert-OH is 1. The number of anilines is 1. The predicted octanol–water partition coefficient (Wildman–Crippen LogP) is 7.18. The summed E-state index contributed by atoms with van der Waals surface area (Å²) in [5, 5.41) is 24.7. The molecule has 3 aliphatic rings. The van der Waals surface area contributed by atoms with E-state index in [4.69, 9.17) is 9.47 Å². The highest BCUT2D eigenvalue weighted by molar-refractivity contribution is 5.88. The maximum absolute atomic E-state index is 14.2. The molecule has 2 atom stereocenters. The van der Waals surface area contributed by atoms with E-state index in [9.17, 15) is 28.6 Å². The number of phenolic OH excluding ortho intramolecular Hbond substituents is 1. The van der Waals surface area contributed by atoms with Crippen molar-refractivity contribution in [2.75, 3.05) is 44.2 Å². The fourth-order valence-corrected chi connectivity index (χ4v) is 7.43. The third-order valence-electron chi connectivity index (χ3n) is 10.3. The van der Waals surface area contributed by atoms with Crippen molar-refractivity contribution in [3.05, 3.63) is 99.8 Å². The molecule has 2 bridgehead atoms. The number of aromatic nitrogens is 1. The summed E-state index contributed by atoms with van der Waals surface area (Å²) in [4.78, 5) is 31.3. The summed E-state index contributed by atoms with van der Waals surface area (Å²) in [6.45, 7) is 4.49. The summed E-state index contributed by atoms with van der Waals surface area (Å²) in [6.07, 6.45) is 7.72. The Morgan fingerprint density at radius 1 is 0.943 bits per heavy atom. The van der Waals surface area contributed by atoms with Crippen LogP contribution in [0.3, 0.4) is 0 Å². The van der Waals surface area contributed by atoms with Crippen LogP contribution in [0.5, 0.6) is 11.5 Å². The normalized spacial score (nSPS) is 18.6. The molecule has 10 nitrogen and oxygen atoms in total. The Kier molecular flexibility index (Phi) is 13.3. The zero-order valence-corrected chi connectivity index (χ0v) is 30.1. The molecule has 3 aromatic carbocycles. The van der Waals surface area contributed by atoms with Gasteiger partial charge in [0, 0.05) is 30.6 Å². The van der Waals surface area contributed by atoms with Crippen molar-refractivity contribution in [3.63, 3.8) is 0 Å². The van der Waals surface area contributed by atoms with E-state index in [1.54, 1.807) is 12.1 Å². The van der Waals surface area contributed by atoms with Crippen LogP contribution in [0, 0.1) is 17.6 Å². The Morgan fingerprint density at radius 3 is 2.42 bits per heavy atom. The van der Waals surface area contributed by atoms with E-state index in [-0.39, 0.29) is 29.6 Å². The number of ether oxygens (including phenoxy) is 2. The number of aliphatic hydroxyl groups is 1. The Bertz CT molecular complexity index is 1860. The number of carbonyl (C=O) groups is 1. The van der Waals surface area contributed by atoms with Crippen LogP contribution >= 0.6 is 0 Å². The van der Waals surface area contributed by atoms with Crippen LogP contribution in [0.2, 0.25) is 0 Å². The lowest BCUT2D eigenvalue weighted by Gasteiger charge is -2.44. The summed E-state index contributed by atoms with van der Waals surface area (Å²) in [6, 6.07) is 16.7. The first-order valence-electron chi connectivity index (χ1n) is 18.9. The van der Waals surface area contributed by atoms with E-state index in [2.05, 4.69) is 15.2 Å². The molecule has 3 aliphatic heterocycles. The van der Waals surface area contributed by atoms with E-state index in [1.165, 1.54) is 17.0 Å². The molecule has 3 saturated heterocycles. The smallest absolute Gasteiger partial charge is 0.414 e. The lowest BCUT2D eigenvalue weighted by Crippen LogP contribution is -2.53. The van der Waals surface area contributed by atoms with Crippen LogP contribution in [0.25, 0.3) is 10.9 Å². The van der Waals surface area contributed by atoms with Crippen LogP contribution in [0.4, 0.5) is 19.3 Å². The quantitative estimate of drug-likeness (QED) is 0.0793. The van der Waals surface area contributed by atoms with Crippen molar-refractivity contribution in [1.29, 1.82) is 0 Å². The topological polar surface area (TPSA) is 127 Å². The lowest BCUT2D eigenvalue weighted by molar-refractivity contribution is -0.0311. The van der Waals surface area contributed by atoms with Crippen LogP contribution < -0.4 is 20.5 Å². The highest BCUT2D eigenvalue weighted by Gasteiger charge is 2.37. The number of hydrogen-bond acceptors (Lipinski definition) is 8. The van der Waals surface area contributed by atoms with E-state index in [1.807, 2.05) is 24.3 Å². The van der Waals surface area contributed by atoms with Gasteiger partial charge in [-0.2, -0.15) is 0 Å². The number of pyridine rings is 1. The summed E-state index contributed by atoms with van der Waals surface area (Å²) in [5.41, 5.74) is 1.54. The van der Waals surface area contributed by atoms with Gasteiger partial charge in [-0.3, -0.25) is 14.6 Å². The summed E-state index contributed by atoms with van der Waals surface area (Å²) in [7, 11) is 0. The number of hydrogen-bond donors (Lipinski definition) is 4. The molecule has 12 heteroatoms. The SMILES string of the molecule is O=C(O[C@@H]1CN2CCC1CC2)N(Cc1cccc(OCCCCCCCCCNC[C@H](O)c2ccc(O)c3[nH]c(=O)ccc23)c1)c1cc(F)cc(F)c1. The molecule has 7 rings (SSSR count). The van der Waals surface area contributed by atoms with Crippen molar-refractivity contribution in [3.8, 4) is 11.5 Å². The monoisotopic (exact) mass is 732 g/mol. The van der Waals surface area contributed by atoms with E-state index in [0.29, 0.717) is 47.8 Å². The van der Waals surface area contributed by atoms with E-state index >= 15 is 0 Å². The van der Waals surface area contributed by atoms with Gasteiger partial charge in [0.15, 0.2) is 0 Å². The third-order valence-corrected chi connectivity index (χ3v) is 10.3. The number of phenols is 1. The average Bonchev–Trinajstić information content (AvgIpc) is 3.14. The standard InChI is InChI=1S/C41H50F2N4O6/c42-30-22-31(43)24-32(23-30)47(41(51)53-38-27-46-18-15-29(38)16-19-46)26-28-9-8-10-33(21-28)52-20-7-5-3-1-2-4-6-17-44-25-37(49)34-11-13-36(48)40-35(34)12-14-39(50)45-40/h8-14,21-24,29,37-38,44,48-49H,1-7,15-20,25-27H2,(H,45,50)/t37-,38+/m0/s1. The zero-order chi connectivity index (χ0) is 37.2. The maximum atomic E-state index is 14.2. The summed E-state index contributed by atoms with van der Waals surface area (Å²) >= 11 is 0. The van der Waals surface area contributed by atoms with Gasteiger partial charge in [-0.25, -0.2) is 13.6 Å². The van der Waals surface area contributed by atoms with Gasteiger partial charge in [0.05, 0.1) is 30.5 Å². The van der Waals surface area contributed by atoms with Crippen LogP contribution in [-0.2, 0) is 11.3 Å². The number of nitrogens with zero attached hydrogens (tertiary/aromatic N) is 2. The molecule has 1 amide bonds. The molecular weight excluding hydrogens is 682 g/mol. The Balaban J connectivity index is 0.875. The highest BCUT2D eigenvalue weighted by atomic mass is 19.1. The highest BCUT2D eigenvalue weighted by Crippen LogP contribution is 2.32. The van der Waals surface area contributed by atoms with Crippen molar-refractivity contribution < 1.29 is 33.3 Å². The van der Waals surface area contributed by atoms with Gasteiger partial charge < -0.3 is 30.0 Å². The minimum atomic E-state index is -0.766. The first kappa shape index (κ1) is 38.2. The average molecular weight is 733 g/mol. The molecule has 4 aromatic rings. The Morgan fingerprint density at radius 2 is 1.68 bits per heavy atom. The van der Waals surface area contributed by atoms with E-state index in [0.717, 1.165) is 101 Å². The van der Waals surface area contributed by atoms with Gasteiger partial charge in [0.25, 0.3) is 0 Å². The van der Waals surface area contributed by atoms with Gasteiger partial charge in [-0.05, 0) is 98.8 Å². The van der Waals surface area contributed by atoms with Gasteiger partial charge in [-0.1, -0.05) is 50.3 Å². The van der Waals surface area contributed by atoms with Crippen molar-refractivity contribution in [2.24, 2.45) is 5.92 Å². The number of rotatable bonds is 18. The van der Waals surface area contributed by atoms with Crippen molar-refractivity contribution in [1.82, 2.24) is 15.2 Å². The number of H-pyrrole nitrogens is 1. The van der Waals surface area contributed by atoms with Crippen LogP contribution in [-0.4, -0.2) is 71.6 Å². The largest absolute Gasteiger partial charge is 0.506 e. The lowest BCUT2D eigenvalue weighted by atomic mass is 9.86. The minimum absolute atomic E-state index is 0.0257. The van der Waals surface area contributed by atoms with Gasteiger partial charge in [0.1, 0.15) is 29.2 Å². The molecule has 0 spiro atoms. The molecule has 0 aliphatic carbocycles. The van der Waals surface area contributed by atoms with Crippen LogP contribution in [0.15, 0.2) is 71.5 Å². The van der Waals surface area contributed by atoms with Gasteiger partial charge >= 0.3 is 6.09 Å². The summed E-state index contributed by atoms with van der Waals surface area (Å²) < 4.78 is 40.4. The third kappa shape index (κ3) is 10.6. The first-order chi connectivity index (χ1) is 25.7. The van der Waals surface area contributed by atoms with Crippen molar-refractivity contribution in [2.45, 2.75) is 76.5 Å². The summed E-state index contributed by atoms with van der Waals surface area (Å²) in [5.74, 6) is -0.571. The second-order valence-electron chi connectivity index (χ2n) is 14.2. The number of carbonyl (C=O) groups excluding carboxylic acids is 1. The number of amides is 1. The fraction of sp³-hybridized carbons (Fsp3) is 0.463.